The van der Waals surface area contributed by atoms with Crippen LogP contribution in [-0.2, 0) is 14.4 Å². The number of aliphatic carboxylic acids is 1. The molecule has 2 fully saturated rings. The molecule has 0 unspecified atom stereocenters. The van der Waals surface area contributed by atoms with E-state index in [1.54, 1.807) is 14.0 Å². The van der Waals surface area contributed by atoms with Crippen molar-refractivity contribution in [1.82, 2.24) is 9.80 Å². The van der Waals surface area contributed by atoms with Crippen molar-refractivity contribution in [3.63, 3.8) is 0 Å². The van der Waals surface area contributed by atoms with E-state index in [1.165, 1.54) is 4.90 Å². The molecule has 1 saturated heterocycles. The van der Waals surface area contributed by atoms with E-state index < -0.39 is 11.9 Å². The van der Waals surface area contributed by atoms with Gasteiger partial charge in [0.2, 0.25) is 11.8 Å². The van der Waals surface area contributed by atoms with E-state index in [1.807, 2.05) is 4.90 Å². The molecule has 1 heterocycles. The number of hydrogen-bond acceptors (Lipinski definition) is 3. The smallest absolute Gasteiger partial charge is 0.308 e. The van der Waals surface area contributed by atoms with Gasteiger partial charge in [0, 0.05) is 32.6 Å². The fourth-order valence-corrected chi connectivity index (χ4v) is 3.36. The number of rotatable bonds is 5. The maximum absolute atomic E-state index is 12.4. The van der Waals surface area contributed by atoms with Gasteiger partial charge < -0.3 is 14.9 Å². The Hall–Kier alpha value is -1.59. The Labute approximate surface area is 125 Å². The molecule has 2 rings (SSSR count). The molecule has 0 spiro atoms. The maximum atomic E-state index is 12.4. The number of likely N-dealkylation sites (tertiary alicyclic amines) is 1. The van der Waals surface area contributed by atoms with Gasteiger partial charge in [-0.1, -0.05) is 19.8 Å². The summed E-state index contributed by atoms with van der Waals surface area (Å²) in [4.78, 5) is 38.6. The summed E-state index contributed by atoms with van der Waals surface area (Å²) >= 11 is 0. The van der Waals surface area contributed by atoms with Crippen molar-refractivity contribution in [2.75, 3.05) is 20.1 Å². The number of amides is 2. The number of nitrogens with zero attached hydrogens (tertiary/aromatic N) is 2. The van der Waals surface area contributed by atoms with E-state index in [9.17, 15) is 14.4 Å². The fraction of sp³-hybridized carbons (Fsp3) is 0.800. The van der Waals surface area contributed by atoms with Crippen molar-refractivity contribution in [2.45, 2.75) is 45.1 Å². The second kappa shape index (κ2) is 6.45. The normalized spacial score (nSPS) is 24.4. The number of hydrogen-bond donors (Lipinski definition) is 1. The first-order valence-electron chi connectivity index (χ1n) is 7.67. The monoisotopic (exact) mass is 296 g/mol. The summed E-state index contributed by atoms with van der Waals surface area (Å²) in [6, 6.07) is 0.304. The number of carbonyl (C=O) groups is 3. The van der Waals surface area contributed by atoms with Crippen LogP contribution in [0, 0.1) is 11.8 Å². The summed E-state index contributed by atoms with van der Waals surface area (Å²) in [5.41, 5.74) is 0. The van der Waals surface area contributed by atoms with Gasteiger partial charge in [-0.25, -0.2) is 0 Å². The largest absolute Gasteiger partial charge is 0.481 e. The molecule has 0 aromatic rings. The molecule has 6 nitrogen and oxygen atoms in total. The van der Waals surface area contributed by atoms with Gasteiger partial charge in [0.25, 0.3) is 0 Å². The van der Waals surface area contributed by atoms with E-state index in [4.69, 9.17) is 5.11 Å². The van der Waals surface area contributed by atoms with Crippen molar-refractivity contribution < 1.29 is 19.5 Å². The lowest BCUT2D eigenvalue weighted by atomic mass is 10.1. The zero-order chi connectivity index (χ0) is 15.6. The molecule has 0 aromatic carbocycles. The average molecular weight is 296 g/mol. The second-order valence-electron chi connectivity index (χ2n) is 6.34. The van der Waals surface area contributed by atoms with Gasteiger partial charge in [0.15, 0.2) is 0 Å². The van der Waals surface area contributed by atoms with Gasteiger partial charge in [-0.3, -0.25) is 14.4 Å². The Kier molecular flexibility index (Phi) is 4.85. The minimum absolute atomic E-state index is 0.0694. The highest BCUT2D eigenvalue weighted by molar-refractivity contribution is 5.89. The quantitative estimate of drug-likeness (QED) is 0.819. The molecule has 118 valence electrons. The molecule has 0 aromatic heterocycles. The summed E-state index contributed by atoms with van der Waals surface area (Å²) in [5.74, 6) is -1.87. The van der Waals surface area contributed by atoms with Gasteiger partial charge in [0.05, 0.1) is 11.8 Å². The topological polar surface area (TPSA) is 77.9 Å². The molecule has 1 saturated carbocycles. The molecule has 1 N–H and O–H groups in total. The lowest BCUT2D eigenvalue weighted by Gasteiger charge is -2.25. The van der Waals surface area contributed by atoms with E-state index in [0.717, 1.165) is 25.7 Å². The molecule has 2 atom stereocenters. The molecule has 6 heteroatoms. The first-order valence-corrected chi connectivity index (χ1v) is 7.67. The van der Waals surface area contributed by atoms with Crippen LogP contribution in [-0.4, -0.2) is 58.9 Å². The highest BCUT2D eigenvalue weighted by Crippen LogP contribution is 2.30. The predicted molar refractivity (Wildman–Crippen MR) is 76.5 cm³/mol. The zero-order valence-corrected chi connectivity index (χ0v) is 12.7. The Morgan fingerprint density at radius 1 is 1.38 bits per heavy atom. The maximum Gasteiger partial charge on any atom is 0.308 e. The summed E-state index contributed by atoms with van der Waals surface area (Å²) in [6.45, 7) is 2.26. The Balaban J connectivity index is 1.91. The van der Waals surface area contributed by atoms with Crippen LogP contribution in [0.1, 0.15) is 39.0 Å². The molecule has 0 bridgehead atoms. The number of carbonyl (C=O) groups excluding carboxylic acids is 2. The number of carboxylic acid groups (broad SMARTS) is 1. The molecule has 2 aliphatic rings. The summed E-state index contributed by atoms with van der Waals surface area (Å²) in [5, 5.41) is 8.91. The highest BCUT2D eigenvalue weighted by Gasteiger charge is 2.39. The first kappa shape index (κ1) is 15.8. The zero-order valence-electron chi connectivity index (χ0n) is 12.7. The Morgan fingerprint density at radius 2 is 2.00 bits per heavy atom. The van der Waals surface area contributed by atoms with E-state index in [2.05, 4.69) is 0 Å². The summed E-state index contributed by atoms with van der Waals surface area (Å²) in [6.07, 6.45) is 4.66. The molecule has 2 amide bonds. The van der Waals surface area contributed by atoms with E-state index in [-0.39, 0.29) is 30.7 Å². The fourth-order valence-electron chi connectivity index (χ4n) is 3.36. The van der Waals surface area contributed by atoms with Crippen LogP contribution in [0.2, 0.25) is 0 Å². The van der Waals surface area contributed by atoms with E-state index in [0.29, 0.717) is 12.6 Å². The van der Waals surface area contributed by atoms with Crippen LogP contribution in [0.25, 0.3) is 0 Å². The van der Waals surface area contributed by atoms with Gasteiger partial charge in [-0.15, -0.1) is 0 Å². The Bertz CT molecular complexity index is 431. The van der Waals surface area contributed by atoms with Crippen LogP contribution < -0.4 is 0 Å². The average Bonchev–Trinajstić information content (AvgIpc) is 3.06. The highest BCUT2D eigenvalue weighted by atomic mass is 16.4. The predicted octanol–water partition coefficient (Wildman–Crippen LogP) is 0.957. The van der Waals surface area contributed by atoms with Crippen LogP contribution in [0.3, 0.4) is 0 Å². The van der Waals surface area contributed by atoms with Crippen LogP contribution in [0.5, 0.6) is 0 Å². The Morgan fingerprint density at radius 3 is 2.57 bits per heavy atom. The number of carboxylic acids is 1. The minimum atomic E-state index is -0.912. The molecule has 1 aliphatic heterocycles. The summed E-state index contributed by atoms with van der Waals surface area (Å²) < 4.78 is 0. The molecular formula is C15H24N2O4. The third kappa shape index (κ3) is 3.54. The van der Waals surface area contributed by atoms with Crippen LogP contribution in [0.15, 0.2) is 0 Å². The van der Waals surface area contributed by atoms with E-state index >= 15 is 0 Å². The van der Waals surface area contributed by atoms with Crippen LogP contribution >= 0.6 is 0 Å². The molecule has 0 radical (unpaired) electrons. The van der Waals surface area contributed by atoms with Gasteiger partial charge in [-0.2, -0.15) is 0 Å². The van der Waals surface area contributed by atoms with Gasteiger partial charge in [-0.05, 0) is 12.8 Å². The molecule has 21 heavy (non-hydrogen) atoms. The van der Waals surface area contributed by atoms with Crippen LogP contribution in [0.4, 0.5) is 0 Å². The minimum Gasteiger partial charge on any atom is -0.481 e. The van der Waals surface area contributed by atoms with Crippen molar-refractivity contribution >= 4 is 17.8 Å². The van der Waals surface area contributed by atoms with Gasteiger partial charge >= 0.3 is 5.97 Å². The standard InChI is InChI=1S/C15H24N2O4/c1-10(15(20)21)8-16(2)14(19)11-7-13(18)17(9-11)12-5-3-4-6-12/h10-12H,3-9H2,1-2H3,(H,20,21)/t10-,11+/m1/s1. The van der Waals surface area contributed by atoms with Crippen molar-refractivity contribution in [2.24, 2.45) is 11.8 Å². The molecular weight excluding hydrogens is 272 g/mol. The van der Waals surface area contributed by atoms with Crippen molar-refractivity contribution in [1.29, 1.82) is 0 Å². The SMILES string of the molecule is C[C@H](CN(C)C(=O)[C@H]1CC(=O)N(C2CCCC2)C1)C(=O)O. The third-order valence-corrected chi connectivity index (χ3v) is 4.62. The first-order chi connectivity index (χ1) is 9.90. The second-order valence-corrected chi connectivity index (χ2v) is 6.34. The molecule has 1 aliphatic carbocycles. The third-order valence-electron chi connectivity index (χ3n) is 4.62. The van der Waals surface area contributed by atoms with Crippen molar-refractivity contribution in [3.05, 3.63) is 0 Å². The lowest BCUT2D eigenvalue weighted by Crippen LogP contribution is -2.39. The van der Waals surface area contributed by atoms with Crippen molar-refractivity contribution in [3.8, 4) is 0 Å². The van der Waals surface area contributed by atoms with Gasteiger partial charge in [0.1, 0.15) is 0 Å². The lowest BCUT2D eigenvalue weighted by molar-refractivity contribution is -0.143. The summed E-state index contributed by atoms with van der Waals surface area (Å²) in [7, 11) is 1.62.